The highest BCUT2D eigenvalue weighted by Crippen LogP contribution is 2.29. The maximum atomic E-state index is 13.2. The lowest BCUT2D eigenvalue weighted by atomic mass is 10.0. The summed E-state index contributed by atoms with van der Waals surface area (Å²) in [7, 11) is 1.89. The number of hydrogen-bond donors (Lipinski definition) is 1. The third-order valence-corrected chi connectivity index (χ3v) is 5.61. The average Bonchev–Trinajstić information content (AvgIpc) is 3.18. The molecule has 0 atom stereocenters. The fourth-order valence-electron chi connectivity index (χ4n) is 3.19. The topological polar surface area (TPSA) is 63.1 Å². The van der Waals surface area contributed by atoms with Gasteiger partial charge in [-0.2, -0.15) is 5.10 Å². The number of aromatic nitrogens is 3. The Kier molecular flexibility index (Phi) is 9.03. The van der Waals surface area contributed by atoms with Gasteiger partial charge in [-0.25, -0.2) is 4.98 Å². The molecule has 2 aromatic heterocycles. The molecule has 0 saturated carbocycles. The first-order valence-electron chi connectivity index (χ1n) is 8.58. The van der Waals surface area contributed by atoms with Crippen LogP contribution in [0.2, 0.25) is 0 Å². The maximum absolute atomic E-state index is 13.2. The van der Waals surface area contributed by atoms with E-state index >= 15 is 0 Å². The minimum absolute atomic E-state index is 0. The fourth-order valence-corrected chi connectivity index (χ4v) is 4.19. The molecule has 9 heteroatoms. The molecule has 3 rings (SSSR count). The van der Waals surface area contributed by atoms with Gasteiger partial charge in [0.2, 0.25) is 0 Å². The van der Waals surface area contributed by atoms with Crippen LogP contribution in [0.15, 0.2) is 12.4 Å². The van der Waals surface area contributed by atoms with Crippen molar-refractivity contribution >= 4 is 42.1 Å². The molecule has 0 aromatic carbocycles. The van der Waals surface area contributed by atoms with Gasteiger partial charge in [-0.15, -0.1) is 36.2 Å². The zero-order chi connectivity index (χ0) is 17.1. The van der Waals surface area contributed by atoms with Crippen molar-refractivity contribution in [3.05, 3.63) is 23.0 Å². The Morgan fingerprint density at radius 2 is 2.08 bits per heavy atom. The Morgan fingerprint density at radius 3 is 2.65 bits per heavy atom. The number of piperidine rings is 1. The normalized spacial score (nSPS) is 14.4. The van der Waals surface area contributed by atoms with E-state index in [1.807, 2.05) is 20.2 Å². The van der Waals surface area contributed by atoms with Gasteiger partial charge >= 0.3 is 0 Å². The van der Waals surface area contributed by atoms with Crippen molar-refractivity contribution in [1.82, 2.24) is 25.0 Å². The van der Waals surface area contributed by atoms with Crippen LogP contribution in [0.1, 0.15) is 41.6 Å². The van der Waals surface area contributed by atoms with Gasteiger partial charge in [0.25, 0.3) is 5.91 Å². The zero-order valence-electron chi connectivity index (χ0n) is 15.4. The third kappa shape index (κ3) is 4.97. The number of carbonyl (C=O) groups excluding carboxylic acids is 1. The standard InChI is InChI=1S/C17H25N5OS.2ClH/c1-4-9-22(14-5-7-18-8-6-14)17(23)15-12(2)20-16(24-15)13-10-19-21(3)11-13;;/h10-11,14,18H,4-9H2,1-3H3;2*1H. The third-order valence-electron chi connectivity index (χ3n) is 4.42. The van der Waals surface area contributed by atoms with E-state index in [0.29, 0.717) is 6.04 Å². The molecule has 3 heterocycles. The number of carbonyl (C=O) groups is 1. The van der Waals surface area contributed by atoms with E-state index < -0.39 is 0 Å². The maximum Gasteiger partial charge on any atom is 0.266 e. The number of thiazole rings is 1. The first-order valence-corrected chi connectivity index (χ1v) is 9.40. The van der Waals surface area contributed by atoms with Crippen molar-refractivity contribution in [1.29, 1.82) is 0 Å². The summed E-state index contributed by atoms with van der Waals surface area (Å²) in [6.07, 6.45) is 6.76. The first-order chi connectivity index (χ1) is 11.6. The Bertz CT molecular complexity index is 712. The molecule has 0 spiro atoms. The van der Waals surface area contributed by atoms with Crippen LogP contribution >= 0.6 is 36.2 Å². The molecule has 0 unspecified atom stereocenters. The van der Waals surface area contributed by atoms with E-state index in [2.05, 4.69) is 27.2 Å². The number of nitrogens with zero attached hydrogens (tertiary/aromatic N) is 4. The minimum atomic E-state index is 0. The lowest BCUT2D eigenvalue weighted by Crippen LogP contribution is -2.46. The molecule has 6 nitrogen and oxygen atoms in total. The molecule has 1 saturated heterocycles. The van der Waals surface area contributed by atoms with Gasteiger partial charge in [-0.3, -0.25) is 9.48 Å². The van der Waals surface area contributed by atoms with E-state index in [9.17, 15) is 4.79 Å². The van der Waals surface area contributed by atoms with Gasteiger partial charge in [-0.05, 0) is 39.3 Å². The summed E-state index contributed by atoms with van der Waals surface area (Å²) in [5.74, 6) is 0.133. The molecule has 2 aromatic rings. The Labute approximate surface area is 171 Å². The lowest BCUT2D eigenvalue weighted by molar-refractivity contribution is 0.0646. The smallest absolute Gasteiger partial charge is 0.266 e. The van der Waals surface area contributed by atoms with Crippen molar-refractivity contribution in [2.45, 2.75) is 39.2 Å². The number of rotatable bonds is 5. The quantitative estimate of drug-likeness (QED) is 0.806. The fraction of sp³-hybridized carbons (Fsp3) is 0.588. The zero-order valence-corrected chi connectivity index (χ0v) is 17.8. The van der Waals surface area contributed by atoms with Crippen LogP contribution in [0.3, 0.4) is 0 Å². The van der Waals surface area contributed by atoms with Gasteiger partial charge < -0.3 is 10.2 Å². The van der Waals surface area contributed by atoms with Crippen molar-refractivity contribution in [3.8, 4) is 10.6 Å². The number of hydrogen-bond acceptors (Lipinski definition) is 5. The molecule has 1 amide bonds. The number of halogens is 2. The number of nitrogens with one attached hydrogen (secondary N) is 1. The minimum Gasteiger partial charge on any atom is -0.335 e. The summed E-state index contributed by atoms with van der Waals surface area (Å²) in [5, 5.41) is 8.43. The molecule has 0 aliphatic carbocycles. The Morgan fingerprint density at radius 1 is 1.38 bits per heavy atom. The molecule has 26 heavy (non-hydrogen) atoms. The largest absolute Gasteiger partial charge is 0.335 e. The highest BCUT2D eigenvalue weighted by Gasteiger charge is 2.28. The SMILES string of the molecule is CCCN(C(=O)c1sc(-c2cnn(C)c2)nc1C)C1CCNCC1.Cl.Cl. The highest BCUT2D eigenvalue weighted by atomic mass is 35.5. The first kappa shape index (κ1) is 22.9. The second kappa shape index (κ2) is 10.3. The lowest BCUT2D eigenvalue weighted by Gasteiger charge is -2.34. The molecular weight excluding hydrogens is 393 g/mol. The van der Waals surface area contributed by atoms with Gasteiger partial charge in [0.05, 0.1) is 11.9 Å². The van der Waals surface area contributed by atoms with Gasteiger partial charge in [0.1, 0.15) is 9.88 Å². The molecule has 0 bridgehead atoms. The molecular formula is C17H27Cl2N5OS. The van der Waals surface area contributed by atoms with Crippen molar-refractivity contribution < 1.29 is 4.79 Å². The summed E-state index contributed by atoms with van der Waals surface area (Å²) < 4.78 is 1.76. The predicted molar refractivity (Wildman–Crippen MR) is 111 cm³/mol. The van der Waals surface area contributed by atoms with Crippen LogP contribution in [0.4, 0.5) is 0 Å². The predicted octanol–water partition coefficient (Wildman–Crippen LogP) is 3.30. The van der Waals surface area contributed by atoms with E-state index in [-0.39, 0.29) is 30.7 Å². The molecule has 1 aliphatic rings. The van der Waals surface area contributed by atoms with Gasteiger partial charge in [0.15, 0.2) is 0 Å². The molecule has 1 fully saturated rings. The van der Waals surface area contributed by atoms with Crippen molar-refractivity contribution in [2.24, 2.45) is 7.05 Å². The second-order valence-corrected chi connectivity index (χ2v) is 7.32. The molecule has 1 aliphatic heterocycles. The van der Waals surface area contributed by atoms with Gasteiger partial charge in [-0.1, -0.05) is 6.92 Å². The van der Waals surface area contributed by atoms with Crippen LogP contribution < -0.4 is 5.32 Å². The average molecular weight is 420 g/mol. The van der Waals surface area contributed by atoms with E-state index in [0.717, 1.165) is 60.0 Å². The highest BCUT2D eigenvalue weighted by molar-refractivity contribution is 7.17. The van der Waals surface area contributed by atoms with E-state index in [1.54, 1.807) is 10.9 Å². The van der Waals surface area contributed by atoms with Crippen LogP contribution in [0.5, 0.6) is 0 Å². The Balaban J connectivity index is 0.00000169. The summed E-state index contributed by atoms with van der Waals surface area (Å²) in [6.45, 7) is 6.84. The van der Waals surface area contributed by atoms with Crippen LogP contribution in [0.25, 0.3) is 10.6 Å². The molecule has 146 valence electrons. The molecule has 1 N–H and O–H groups in total. The second-order valence-electron chi connectivity index (χ2n) is 6.32. The summed E-state index contributed by atoms with van der Waals surface area (Å²) >= 11 is 1.48. The van der Waals surface area contributed by atoms with Crippen molar-refractivity contribution in [2.75, 3.05) is 19.6 Å². The van der Waals surface area contributed by atoms with Crippen molar-refractivity contribution in [3.63, 3.8) is 0 Å². The van der Waals surface area contributed by atoms with Crippen LogP contribution in [-0.2, 0) is 7.05 Å². The molecule has 0 radical (unpaired) electrons. The van der Waals surface area contributed by atoms with Gasteiger partial charge in [0, 0.05) is 31.4 Å². The monoisotopic (exact) mass is 419 g/mol. The van der Waals surface area contributed by atoms with E-state index in [4.69, 9.17) is 0 Å². The number of aryl methyl sites for hydroxylation is 2. The summed E-state index contributed by atoms with van der Waals surface area (Å²) in [4.78, 5) is 20.6. The summed E-state index contributed by atoms with van der Waals surface area (Å²) in [6, 6.07) is 0.335. The number of amides is 1. The summed E-state index contributed by atoms with van der Waals surface area (Å²) in [5.41, 5.74) is 1.78. The van der Waals surface area contributed by atoms with E-state index in [1.165, 1.54) is 11.3 Å². The Hall–Kier alpha value is -1.15. The van der Waals surface area contributed by atoms with Crippen LogP contribution in [0, 0.1) is 6.92 Å². The van der Waals surface area contributed by atoms with Crippen LogP contribution in [-0.4, -0.2) is 51.2 Å².